The van der Waals surface area contributed by atoms with Gasteiger partial charge in [0.05, 0.1) is 5.75 Å². The van der Waals surface area contributed by atoms with Gasteiger partial charge in [0.15, 0.2) is 0 Å². The van der Waals surface area contributed by atoms with Crippen molar-refractivity contribution in [2.45, 2.75) is 18.7 Å². The summed E-state index contributed by atoms with van der Waals surface area (Å²) >= 11 is 4.80. The molecule has 0 aliphatic heterocycles. The molecule has 3 nitrogen and oxygen atoms in total. The van der Waals surface area contributed by atoms with Crippen molar-refractivity contribution in [2.75, 3.05) is 16.8 Å². The summed E-state index contributed by atoms with van der Waals surface area (Å²) in [5, 5.41) is 2.90. The van der Waals surface area contributed by atoms with E-state index in [4.69, 9.17) is 5.73 Å². The van der Waals surface area contributed by atoms with Crippen molar-refractivity contribution in [1.29, 1.82) is 0 Å². The predicted octanol–water partition coefficient (Wildman–Crippen LogP) is 4.38. The highest BCUT2D eigenvalue weighted by Gasteiger charge is 2.07. The number of amides is 1. The highest BCUT2D eigenvalue weighted by atomic mass is 79.9. The quantitative estimate of drug-likeness (QED) is 0.625. The molecule has 0 aromatic heterocycles. The van der Waals surface area contributed by atoms with E-state index < -0.39 is 0 Å². The molecule has 0 aliphatic rings. The van der Waals surface area contributed by atoms with E-state index in [1.165, 1.54) is 17.3 Å². The summed E-state index contributed by atoms with van der Waals surface area (Å²) in [6, 6.07) is 11.6. The van der Waals surface area contributed by atoms with Crippen molar-refractivity contribution in [1.82, 2.24) is 0 Å². The fraction of sp³-hybridized carbons (Fsp3) is 0.188. The predicted molar refractivity (Wildman–Crippen MR) is 93.8 cm³/mol. The average molecular weight is 365 g/mol. The number of hydrogen-bond donors (Lipinski definition) is 2. The summed E-state index contributed by atoms with van der Waals surface area (Å²) in [4.78, 5) is 12.9. The maximum absolute atomic E-state index is 12.0. The van der Waals surface area contributed by atoms with Crippen molar-refractivity contribution < 1.29 is 4.79 Å². The molecule has 0 saturated heterocycles. The first kappa shape index (κ1) is 15.9. The maximum atomic E-state index is 12.0. The lowest BCUT2D eigenvalue weighted by Crippen LogP contribution is -2.14. The molecule has 1 amide bonds. The van der Waals surface area contributed by atoms with E-state index in [1.807, 2.05) is 50.2 Å². The second kappa shape index (κ2) is 7.00. The molecule has 0 radical (unpaired) electrons. The minimum Gasteiger partial charge on any atom is -0.398 e. The molecule has 0 spiro atoms. The van der Waals surface area contributed by atoms with Gasteiger partial charge in [-0.15, -0.1) is 11.8 Å². The minimum absolute atomic E-state index is 0.0365. The summed E-state index contributed by atoms with van der Waals surface area (Å²) in [6.45, 7) is 4.08. The van der Waals surface area contributed by atoms with Crippen LogP contribution in [0.1, 0.15) is 11.1 Å². The molecule has 2 rings (SSSR count). The van der Waals surface area contributed by atoms with Gasteiger partial charge in [-0.2, -0.15) is 0 Å². The third-order valence-electron chi connectivity index (χ3n) is 3.12. The summed E-state index contributed by atoms with van der Waals surface area (Å²) in [5.74, 6) is 0.296. The molecule has 2 aromatic rings. The van der Waals surface area contributed by atoms with Gasteiger partial charge >= 0.3 is 0 Å². The summed E-state index contributed by atoms with van der Waals surface area (Å²) < 4.78 is 0.934. The standard InChI is InChI=1S/C16H17BrN2OS/c1-10-3-5-13(7-11(10)2)19-16(20)9-21-15-6-4-12(17)8-14(15)18/h3-8H,9,18H2,1-2H3,(H,19,20). The Hall–Kier alpha value is -1.46. The highest BCUT2D eigenvalue weighted by molar-refractivity contribution is 9.10. The van der Waals surface area contributed by atoms with Gasteiger partial charge in [-0.1, -0.05) is 22.0 Å². The van der Waals surface area contributed by atoms with Crippen LogP contribution in [0.3, 0.4) is 0 Å². The van der Waals surface area contributed by atoms with Crippen molar-refractivity contribution in [3.8, 4) is 0 Å². The van der Waals surface area contributed by atoms with Crippen molar-refractivity contribution in [3.05, 3.63) is 52.0 Å². The first-order valence-corrected chi connectivity index (χ1v) is 8.28. The van der Waals surface area contributed by atoms with Crippen molar-refractivity contribution >= 4 is 45.0 Å². The maximum Gasteiger partial charge on any atom is 0.234 e. The molecule has 5 heteroatoms. The second-order valence-corrected chi connectivity index (χ2v) is 6.75. The molecule has 0 saturated carbocycles. The Bertz CT molecular complexity index is 673. The molecular formula is C16H17BrN2OS. The fourth-order valence-electron chi connectivity index (χ4n) is 1.81. The molecular weight excluding hydrogens is 348 g/mol. The Balaban J connectivity index is 1.94. The summed E-state index contributed by atoms with van der Waals surface area (Å²) in [6.07, 6.45) is 0. The molecule has 0 unspecified atom stereocenters. The number of rotatable bonds is 4. The lowest BCUT2D eigenvalue weighted by molar-refractivity contribution is -0.113. The number of nitrogen functional groups attached to an aromatic ring is 1. The molecule has 0 fully saturated rings. The number of nitrogens with one attached hydrogen (secondary N) is 1. The van der Waals surface area contributed by atoms with Gasteiger partial charge in [0, 0.05) is 20.7 Å². The van der Waals surface area contributed by atoms with E-state index in [2.05, 4.69) is 21.2 Å². The number of halogens is 1. The zero-order chi connectivity index (χ0) is 15.4. The van der Waals surface area contributed by atoms with Crippen molar-refractivity contribution in [3.63, 3.8) is 0 Å². The van der Waals surface area contributed by atoms with Gasteiger partial charge in [0.1, 0.15) is 0 Å². The molecule has 0 bridgehead atoms. The molecule has 3 N–H and O–H groups in total. The van der Waals surface area contributed by atoms with Gasteiger partial charge in [-0.25, -0.2) is 0 Å². The van der Waals surface area contributed by atoms with Crippen LogP contribution in [0.5, 0.6) is 0 Å². The fourth-order valence-corrected chi connectivity index (χ4v) is 2.94. The second-order valence-electron chi connectivity index (χ2n) is 4.82. The Kier molecular flexibility index (Phi) is 5.31. The van der Waals surface area contributed by atoms with Crippen LogP contribution < -0.4 is 11.1 Å². The van der Waals surface area contributed by atoms with Gasteiger partial charge in [-0.05, 0) is 55.3 Å². The lowest BCUT2D eigenvalue weighted by atomic mass is 10.1. The number of anilines is 2. The topological polar surface area (TPSA) is 55.1 Å². The molecule has 2 aromatic carbocycles. The zero-order valence-corrected chi connectivity index (χ0v) is 14.3. The zero-order valence-electron chi connectivity index (χ0n) is 11.9. The number of benzene rings is 2. The number of thioether (sulfide) groups is 1. The number of carbonyl (C=O) groups is 1. The first-order chi connectivity index (χ1) is 9.95. The number of carbonyl (C=O) groups excluding carboxylic acids is 1. The number of hydrogen-bond acceptors (Lipinski definition) is 3. The summed E-state index contributed by atoms with van der Waals surface area (Å²) in [7, 11) is 0. The molecule has 0 atom stereocenters. The van der Waals surface area contributed by atoms with E-state index in [9.17, 15) is 4.79 Å². The van der Waals surface area contributed by atoms with Gasteiger partial charge < -0.3 is 11.1 Å². The highest BCUT2D eigenvalue weighted by Crippen LogP contribution is 2.27. The molecule has 21 heavy (non-hydrogen) atoms. The van der Waals surface area contributed by atoms with E-state index in [-0.39, 0.29) is 5.91 Å². The molecule has 110 valence electrons. The Morgan fingerprint density at radius 3 is 2.62 bits per heavy atom. The van der Waals surface area contributed by atoms with Crippen LogP contribution in [-0.2, 0) is 4.79 Å². The van der Waals surface area contributed by atoms with Crippen molar-refractivity contribution in [2.24, 2.45) is 0 Å². The number of nitrogens with two attached hydrogens (primary N) is 1. The van der Waals surface area contributed by atoms with Crippen LogP contribution in [0.4, 0.5) is 11.4 Å². The van der Waals surface area contributed by atoms with E-state index in [1.54, 1.807) is 0 Å². The van der Waals surface area contributed by atoms with E-state index in [0.717, 1.165) is 20.6 Å². The van der Waals surface area contributed by atoms with Crippen LogP contribution in [0.25, 0.3) is 0 Å². The smallest absolute Gasteiger partial charge is 0.234 e. The largest absolute Gasteiger partial charge is 0.398 e. The normalized spacial score (nSPS) is 10.4. The van der Waals surface area contributed by atoms with Gasteiger partial charge in [0.25, 0.3) is 0 Å². The Morgan fingerprint density at radius 2 is 1.95 bits per heavy atom. The molecule has 0 heterocycles. The van der Waals surface area contributed by atoms with Gasteiger partial charge in [0.2, 0.25) is 5.91 Å². The van der Waals surface area contributed by atoms with Gasteiger partial charge in [-0.3, -0.25) is 4.79 Å². The third kappa shape index (κ3) is 4.51. The average Bonchev–Trinajstić information content (AvgIpc) is 2.42. The van der Waals surface area contributed by atoms with E-state index >= 15 is 0 Å². The first-order valence-electron chi connectivity index (χ1n) is 6.50. The minimum atomic E-state index is -0.0365. The van der Waals surface area contributed by atoms with Crippen LogP contribution >= 0.6 is 27.7 Å². The SMILES string of the molecule is Cc1ccc(NC(=O)CSc2ccc(Br)cc2N)cc1C. The monoisotopic (exact) mass is 364 g/mol. The summed E-state index contributed by atoms with van der Waals surface area (Å²) in [5.41, 5.74) is 9.79. The van der Waals surface area contributed by atoms with E-state index in [0.29, 0.717) is 11.4 Å². The van der Waals surface area contributed by atoms with Crippen LogP contribution in [0.15, 0.2) is 45.8 Å². The molecule has 0 aliphatic carbocycles. The van der Waals surface area contributed by atoms with Crippen LogP contribution in [0, 0.1) is 13.8 Å². The Morgan fingerprint density at radius 1 is 1.19 bits per heavy atom. The Labute approximate surface area is 137 Å². The van der Waals surface area contributed by atoms with Crippen LogP contribution in [0.2, 0.25) is 0 Å². The van der Waals surface area contributed by atoms with Crippen LogP contribution in [-0.4, -0.2) is 11.7 Å². The number of aryl methyl sites for hydroxylation is 2. The lowest BCUT2D eigenvalue weighted by Gasteiger charge is -2.08. The third-order valence-corrected chi connectivity index (χ3v) is 4.70.